The average molecular weight is 206 g/mol. The van der Waals surface area contributed by atoms with Crippen LogP contribution in [0.1, 0.15) is 25.7 Å². The van der Waals surface area contributed by atoms with Gasteiger partial charge in [0.25, 0.3) is 0 Å². The number of hydrogen-bond donors (Lipinski definition) is 3. The van der Waals surface area contributed by atoms with Crippen LogP contribution in [-0.4, -0.2) is 17.3 Å². The topological polar surface area (TPSA) is 58.3 Å². The minimum absolute atomic E-state index is 0.509. The van der Waals surface area contributed by atoms with Crippen molar-refractivity contribution in [1.82, 2.24) is 0 Å². The third kappa shape index (κ3) is 2.63. The molecule has 0 amide bonds. The van der Waals surface area contributed by atoms with Gasteiger partial charge >= 0.3 is 0 Å². The van der Waals surface area contributed by atoms with Crippen molar-refractivity contribution in [1.29, 1.82) is 0 Å². The van der Waals surface area contributed by atoms with Crippen LogP contribution in [-0.2, 0) is 0 Å². The van der Waals surface area contributed by atoms with E-state index in [1.807, 2.05) is 24.3 Å². The molecule has 0 saturated heterocycles. The predicted molar refractivity (Wildman–Crippen MR) is 62.8 cm³/mol. The van der Waals surface area contributed by atoms with Crippen molar-refractivity contribution < 1.29 is 5.11 Å². The Balaban J connectivity index is 1.92. The molecule has 0 atom stereocenters. The Morgan fingerprint density at radius 2 is 2.07 bits per heavy atom. The molecule has 1 fully saturated rings. The van der Waals surface area contributed by atoms with E-state index in [9.17, 15) is 5.11 Å². The highest BCUT2D eigenvalue weighted by Gasteiger charge is 2.30. The number of benzene rings is 1. The van der Waals surface area contributed by atoms with Gasteiger partial charge in [-0.2, -0.15) is 0 Å². The molecule has 1 aliphatic rings. The van der Waals surface area contributed by atoms with E-state index < -0.39 is 5.60 Å². The van der Waals surface area contributed by atoms with Gasteiger partial charge in [-0.1, -0.05) is 18.9 Å². The molecule has 0 unspecified atom stereocenters. The summed E-state index contributed by atoms with van der Waals surface area (Å²) in [6, 6.07) is 7.62. The molecule has 0 radical (unpaired) electrons. The second kappa shape index (κ2) is 4.11. The predicted octanol–water partition coefficient (Wildman–Crippen LogP) is 1.99. The van der Waals surface area contributed by atoms with E-state index in [1.54, 1.807) is 0 Å². The summed E-state index contributed by atoms with van der Waals surface area (Å²) in [6.45, 7) is 0.621. The maximum absolute atomic E-state index is 10.1. The summed E-state index contributed by atoms with van der Waals surface area (Å²) in [4.78, 5) is 0. The summed E-state index contributed by atoms with van der Waals surface area (Å²) in [6.07, 6.45) is 4.08. The molecule has 1 saturated carbocycles. The van der Waals surface area contributed by atoms with Crippen molar-refractivity contribution in [3.63, 3.8) is 0 Å². The highest BCUT2D eigenvalue weighted by molar-refractivity contribution is 5.54. The number of hydrogen-bond acceptors (Lipinski definition) is 3. The Labute approximate surface area is 90.3 Å². The molecule has 1 aromatic rings. The van der Waals surface area contributed by atoms with Crippen LogP contribution >= 0.6 is 0 Å². The highest BCUT2D eigenvalue weighted by atomic mass is 16.3. The maximum atomic E-state index is 10.1. The molecule has 4 N–H and O–H groups in total. The minimum Gasteiger partial charge on any atom is -0.399 e. The average Bonchev–Trinajstić information content (AvgIpc) is 2.63. The number of nitrogen functional groups attached to an aromatic ring is 1. The van der Waals surface area contributed by atoms with Crippen molar-refractivity contribution in [3.05, 3.63) is 24.3 Å². The van der Waals surface area contributed by atoms with Crippen LogP contribution < -0.4 is 11.1 Å². The molecule has 15 heavy (non-hydrogen) atoms. The van der Waals surface area contributed by atoms with Crippen molar-refractivity contribution in [2.45, 2.75) is 31.3 Å². The zero-order valence-electron chi connectivity index (χ0n) is 8.87. The largest absolute Gasteiger partial charge is 0.399 e. The van der Waals surface area contributed by atoms with E-state index in [0.29, 0.717) is 6.54 Å². The molecular formula is C12H18N2O. The summed E-state index contributed by atoms with van der Waals surface area (Å²) < 4.78 is 0. The summed E-state index contributed by atoms with van der Waals surface area (Å²) in [5.74, 6) is 0. The van der Waals surface area contributed by atoms with Crippen molar-refractivity contribution >= 4 is 11.4 Å². The van der Waals surface area contributed by atoms with Gasteiger partial charge in [0.15, 0.2) is 0 Å². The van der Waals surface area contributed by atoms with E-state index in [0.717, 1.165) is 37.1 Å². The molecule has 0 bridgehead atoms. The molecular weight excluding hydrogens is 188 g/mol. The van der Waals surface area contributed by atoms with Crippen LogP contribution in [0.15, 0.2) is 24.3 Å². The van der Waals surface area contributed by atoms with Gasteiger partial charge in [0.1, 0.15) is 0 Å². The molecule has 1 aliphatic carbocycles. The molecule has 0 heterocycles. The van der Waals surface area contributed by atoms with Crippen LogP contribution in [0.4, 0.5) is 11.4 Å². The van der Waals surface area contributed by atoms with Gasteiger partial charge in [0.05, 0.1) is 5.60 Å². The van der Waals surface area contributed by atoms with Gasteiger partial charge in [-0.25, -0.2) is 0 Å². The normalized spacial score (nSPS) is 19.0. The first-order chi connectivity index (χ1) is 7.18. The Hall–Kier alpha value is -1.22. The number of nitrogens with two attached hydrogens (primary N) is 1. The Morgan fingerprint density at radius 1 is 1.33 bits per heavy atom. The lowest BCUT2D eigenvalue weighted by molar-refractivity contribution is 0.0615. The second-order valence-corrected chi connectivity index (χ2v) is 4.41. The molecule has 3 nitrogen and oxygen atoms in total. The number of nitrogens with one attached hydrogen (secondary N) is 1. The first-order valence-electron chi connectivity index (χ1n) is 5.50. The fraction of sp³-hybridized carbons (Fsp3) is 0.500. The van der Waals surface area contributed by atoms with Crippen LogP contribution in [0.5, 0.6) is 0 Å². The summed E-state index contributed by atoms with van der Waals surface area (Å²) in [7, 11) is 0. The van der Waals surface area contributed by atoms with Crippen molar-refractivity contribution in [2.75, 3.05) is 17.6 Å². The molecule has 0 aromatic heterocycles. The Kier molecular flexibility index (Phi) is 2.82. The molecule has 0 aliphatic heterocycles. The second-order valence-electron chi connectivity index (χ2n) is 4.41. The zero-order chi connectivity index (χ0) is 10.7. The summed E-state index contributed by atoms with van der Waals surface area (Å²) in [5.41, 5.74) is 6.89. The van der Waals surface area contributed by atoms with E-state index in [1.165, 1.54) is 0 Å². The fourth-order valence-corrected chi connectivity index (χ4v) is 2.13. The maximum Gasteiger partial charge on any atom is 0.0819 e. The van der Waals surface area contributed by atoms with Gasteiger partial charge < -0.3 is 16.2 Å². The smallest absolute Gasteiger partial charge is 0.0819 e. The van der Waals surface area contributed by atoms with Gasteiger partial charge in [-0.3, -0.25) is 0 Å². The molecule has 82 valence electrons. The van der Waals surface area contributed by atoms with Crippen molar-refractivity contribution in [3.8, 4) is 0 Å². The number of rotatable bonds is 3. The van der Waals surface area contributed by atoms with E-state index >= 15 is 0 Å². The van der Waals surface area contributed by atoms with Crippen molar-refractivity contribution in [2.24, 2.45) is 0 Å². The lowest BCUT2D eigenvalue weighted by Gasteiger charge is -2.23. The van der Waals surface area contributed by atoms with Crippen LogP contribution in [0, 0.1) is 0 Å². The van der Waals surface area contributed by atoms with Gasteiger partial charge in [0, 0.05) is 17.9 Å². The van der Waals surface area contributed by atoms with Gasteiger partial charge in [-0.05, 0) is 31.0 Å². The zero-order valence-corrected chi connectivity index (χ0v) is 8.87. The van der Waals surface area contributed by atoms with Crippen LogP contribution in [0.2, 0.25) is 0 Å². The van der Waals surface area contributed by atoms with Gasteiger partial charge in [0.2, 0.25) is 0 Å². The Bertz CT molecular complexity index is 332. The molecule has 3 heteroatoms. The standard InChI is InChI=1S/C12H18N2O/c13-10-4-3-5-11(8-10)14-9-12(15)6-1-2-7-12/h3-5,8,14-15H,1-2,6-7,9,13H2. The Morgan fingerprint density at radius 3 is 2.73 bits per heavy atom. The van der Waals surface area contributed by atoms with Gasteiger partial charge in [-0.15, -0.1) is 0 Å². The summed E-state index contributed by atoms with van der Waals surface area (Å²) in [5, 5.41) is 13.4. The quantitative estimate of drug-likeness (QED) is 0.663. The molecule has 2 rings (SSSR count). The number of anilines is 2. The van der Waals surface area contributed by atoms with Crippen LogP contribution in [0.25, 0.3) is 0 Å². The molecule has 1 aromatic carbocycles. The number of aliphatic hydroxyl groups is 1. The lowest BCUT2D eigenvalue weighted by atomic mass is 10.0. The first kappa shape index (κ1) is 10.3. The lowest BCUT2D eigenvalue weighted by Crippen LogP contribution is -2.33. The minimum atomic E-state index is -0.509. The third-order valence-electron chi connectivity index (χ3n) is 3.04. The monoisotopic (exact) mass is 206 g/mol. The van der Waals surface area contributed by atoms with E-state index in [4.69, 9.17) is 5.73 Å². The first-order valence-corrected chi connectivity index (χ1v) is 5.50. The SMILES string of the molecule is Nc1cccc(NCC2(O)CCCC2)c1. The van der Waals surface area contributed by atoms with E-state index in [2.05, 4.69) is 5.32 Å². The molecule has 0 spiro atoms. The fourth-order valence-electron chi connectivity index (χ4n) is 2.13. The third-order valence-corrected chi connectivity index (χ3v) is 3.04. The van der Waals surface area contributed by atoms with Crippen LogP contribution in [0.3, 0.4) is 0 Å². The summed E-state index contributed by atoms with van der Waals surface area (Å²) >= 11 is 0. The highest BCUT2D eigenvalue weighted by Crippen LogP contribution is 2.29. The van der Waals surface area contributed by atoms with E-state index in [-0.39, 0.29) is 0 Å².